The molecule has 4 aromatic rings. The first kappa shape index (κ1) is 20.4. The fourth-order valence-corrected chi connectivity index (χ4v) is 5.90. The second-order valence-electron chi connectivity index (χ2n) is 7.50. The summed E-state index contributed by atoms with van der Waals surface area (Å²) in [6.07, 6.45) is 3.73. The number of thiazole rings is 1. The lowest BCUT2D eigenvalue weighted by molar-refractivity contribution is 0.0937. The SMILES string of the molecule is Cc1nc(-c2ccccc2)sc1CSc1nc2ncccc2c(=O)n1CC1CCCO1. The smallest absolute Gasteiger partial charge is 0.263 e. The number of hydrogen-bond donors (Lipinski definition) is 0. The summed E-state index contributed by atoms with van der Waals surface area (Å²) in [6, 6.07) is 13.8. The maximum atomic E-state index is 13.2. The summed E-state index contributed by atoms with van der Waals surface area (Å²) >= 11 is 3.25. The molecule has 8 heteroatoms. The fraction of sp³-hybridized carbons (Fsp3) is 0.304. The van der Waals surface area contributed by atoms with Crippen LogP contribution in [0, 0.1) is 6.92 Å². The summed E-state index contributed by atoms with van der Waals surface area (Å²) in [5, 5.41) is 2.24. The van der Waals surface area contributed by atoms with Gasteiger partial charge in [0.05, 0.1) is 23.7 Å². The zero-order valence-electron chi connectivity index (χ0n) is 17.2. The van der Waals surface area contributed by atoms with Crippen molar-refractivity contribution in [2.45, 2.75) is 43.3 Å². The van der Waals surface area contributed by atoms with Crippen LogP contribution in [0.25, 0.3) is 21.6 Å². The number of aryl methyl sites for hydroxylation is 1. The molecule has 1 aliphatic rings. The van der Waals surface area contributed by atoms with E-state index in [9.17, 15) is 4.79 Å². The molecule has 1 aliphatic heterocycles. The first-order valence-electron chi connectivity index (χ1n) is 10.3. The van der Waals surface area contributed by atoms with E-state index in [1.54, 1.807) is 46.0 Å². The fourth-order valence-electron chi connectivity index (χ4n) is 3.70. The first-order valence-corrected chi connectivity index (χ1v) is 12.1. The van der Waals surface area contributed by atoms with Crippen molar-refractivity contribution >= 4 is 34.1 Å². The predicted molar refractivity (Wildman–Crippen MR) is 125 cm³/mol. The van der Waals surface area contributed by atoms with Crippen LogP contribution in [-0.4, -0.2) is 32.2 Å². The van der Waals surface area contributed by atoms with Gasteiger partial charge >= 0.3 is 0 Å². The highest BCUT2D eigenvalue weighted by Gasteiger charge is 2.21. The molecule has 5 rings (SSSR count). The van der Waals surface area contributed by atoms with Gasteiger partial charge in [-0.3, -0.25) is 9.36 Å². The van der Waals surface area contributed by atoms with E-state index in [2.05, 4.69) is 17.1 Å². The van der Waals surface area contributed by atoms with Crippen molar-refractivity contribution in [2.24, 2.45) is 0 Å². The Labute approximate surface area is 188 Å². The van der Waals surface area contributed by atoms with Gasteiger partial charge in [0, 0.05) is 29.0 Å². The van der Waals surface area contributed by atoms with E-state index in [4.69, 9.17) is 14.7 Å². The van der Waals surface area contributed by atoms with E-state index in [1.165, 1.54) is 4.88 Å². The van der Waals surface area contributed by atoms with Crippen molar-refractivity contribution in [3.63, 3.8) is 0 Å². The van der Waals surface area contributed by atoms with Crippen molar-refractivity contribution in [1.82, 2.24) is 19.5 Å². The molecule has 0 saturated carbocycles. The van der Waals surface area contributed by atoms with E-state index in [0.29, 0.717) is 28.5 Å². The van der Waals surface area contributed by atoms with Gasteiger partial charge in [0.1, 0.15) is 5.01 Å². The third kappa shape index (κ3) is 4.28. The average molecular weight is 451 g/mol. The number of hydrogen-bond acceptors (Lipinski definition) is 7. The quantitative estimate of drug-likeness (QED) is 0.313. The second kappa shape index (κ2) is 8.90. The summed E-state index contributed by atoms with van der Waals surface area (Å²) in [5.74, 6) is 0.701. The van der Waals surface area contributed by atoms with Gasteiger partial charge in [-0.15, -0.1) is 11.3 Å². The average Bonchev–Trinajstić information content (AvgIpc) is 3.45. The lowest BCUT2D eigenvalue weighted by Crippen LogP contribution is -2.29. The van der Waals surface area contributed by atoms with Crippen LogP contribution in [0.2, 0.25) is 0 Å². The molecule has 4 heterocycles. The molecular formula is C23H22N4O2S2. The monoisotopic (exact) mass is 450 g/mol. The molecule has 1 aromatic carbocycles. The molecule has 1 fully saturated rings. The van der Waals surface area contributed by atoms with E-state index in [0.717, 1.165) is 35.7 Å². The number of fused-ring (bicyclic) bond motifs is 1. The second-order valence-corrected chi connectivity index (χ2v) is 9.53. The van der Waals surface area contributed by atoms with Crippen molar-refractivity contribution in [3.05, 3.63) is 69.6 Å². The lowest BCUT2D eigenvalue weighted by atomic mass is 10.2. The van der Waals surface area contributed by atoms with Gasteiger partial charge < -0.3 is 4.74 Å². The van der Waals surface area contributed by atoms with Gasteiger partial charge in [0.15, 0.2) is 10.8 Å². The van der Waals surface area contributed by atoms with Crippen molar-refractivity contribution < 1.29 is 4.74 Å². The zero-order valence-corrected chi connectivity index (χ0v) is 18.8. The molecule has 0 radical (unpaired) electrons. The van der Waals surface area contributed by atoms with E-state index >= 15 is 0 Å². The maximum absolute atomic E-state index is 13.2. The normalized spacial score (nSPS) is 16.2. The summed E-state index contributed by atoms with van der Waals surface area (Å²) in [6.45, 7) is 3.32. The number of thioether (sulfide) groups is 1. The molecular weight excluding hydrogens is 428 g/mol. The van der Waals surface area contributed by atoms with Gasteiger partial charge in [0.2, 0.25) is 0 Å². The van der Waals surface area contributed by atoms with Gasteiger partial charge in [-0.25, -0.2) is 15.0 Å². The highest BCUT2D eigenvalue weighted by molar-refractivity contribution is 7.98. The number of benzene rings is 1. The van der Waals surface area contributed by atoms with Gasteiger partial charge in [-0.1, -0.05) is 42.1 Å². The highest BCUT2D eigenvalue weighted by atomic mass is 32.2. The minimum atomic E-state index is -0.0536. The summed E-state index contributed by atoms with van der Waals surface area (Å²) in [4.78, 5) is 28.2. The molecule has 31 heavy (non-hydrogen) atoms. The Kier molecular flexibility index (Phi) is 5.85. The maximum Gasteiger partial charge on any atom is 0.263 e. The van der Waals surface area contributed by atoms with Gasteiger partial charge in [0.25, 0.3) is 5.56 Å². The zero-order chi connectivity index (χ0) is 21.2. The van der Waals surface area contributed by atoms with Crippen LogP contribution in [0.3, 0.4) is 0 Å². The molecule has 3 aromatic heterocycles. The van der Waals surface area contributed by atoms with Crippen LogP contribution in [0.4, 0.5) is 0 Å². The molecule has 0 aliphatic carbocycles. The van der Waals surface area contributed by atoms with Crippen LogP contribution in [0.15, 0.2) is 58.6 Å². The third-order valence-electron chi connectivity index (χ3n) is 5.35. The largest absolute Gasteiger partial charge is 0.376 e. The van der Waals surface area contributed by atoms with E-state index in [-0.39, 0.29) is 11.7 Å². The Bertz CT molecular complexity index is 1260. The summed E-state index contributed by atoms with van der Waals surface area (Å²) in [7, 11) is 0. The molecule has 158 valence electrons. The minimum Gasteiger partial charge on any atom is -0.376 e. The molecule has 6 nitrogen and oxygen atoms in total. The van der Waals surface area contributed by atoms with E-state index in [1.807, 2.05) is 25.1 Å². The number of ether oxygens (including phenoxy) is 1. The molecule has 0 N–H and O–H groups in total. The Hall–Kier alpha value is -2.55. The standard InChI is InChI=1S/C23H22N4O2S2/c1-15-19(31-21(25-15)16-7-3-2-4-8-16)14-30-23-26-20-18(10-5-11-24-20)22(28)27(23)13-17-9-6-12-29-17/h2-5,7-8,10-11,17H,6,9,12-14H2,1H3. The van der Waals surface area contributed by atoms with Crippen molar-refractivity contribution in [1.29, 1.82) is 0 Å². The molecule has 0 spiro atoms. The third-order valence-corrected chi connectivity index (χ3v) is 7.74. The van der Waals surface area contributed by atoms with E-state index < -0.39 is 0 Å². The first-order chi connectivity index (χ1) is 15.2. The Morgan fingerprint density at radius 1 is 1.19 bits per heavy atom. The van der Waals surface area contributed by atoms with Crippen LogP contribution in [0.5, 0.6) is 0 Å². The molecule has 0 bridgehead atoms. The van der Waals surface area contributed by atoms with Crippen LogP contribution in [0.1, 0.15) is 23.4 Å². The number of nitrogens with zero attached hydrogens (tertiary/aromatic N) is 4. The van der Waals surface area contributed by atoms with Crippen LogP contribution >= 0.6 is 23.1 Å². The Morgan fingerprint density at radius 2 is 2.06 bits per heavy atom. The molecule has 1 atom stereocenters. The Morgan fingerprint density at radius 3 is 2.87 bits per heavy atom. The number of rotatable bonds is 6. The summed E-state index contributed by atoms with van der Waals surface area (Å²) < 4.78 is 7.56. The lowest BCUT2D eigenvalue weighted by Gasteiger charge is -2.16. The van der Waals surface area contributed by atoms with Gasteiger partial charge in [-0.2, -0.15) is 0 Å². The Balaban J connectivity index is 1.46. The van der Waals surface area contributed by atoms with Crippen molar-refractivity contribution in [2.75, 3.05) is 6.61 Å². The van der Waals surface area contributed by atoms with Crippen LogP contribution < -0.4 is 5.56 Å². The summed E-state index contributed by atoms with van der Waals surface area (Å²) in [5.41, 5.74) is 2.57. The highest BCUT2D eigenvalue weighted by Crippen LogP contribution is 2.32. The molecule has 0 amide bonds. The number of pyridine rings is 1. The van der Waals surface area contributed by atoms with Crippen molar-refractivity contribution in [3.8, 4) is 10.6 Å². The molecule has 1 unspecified atom stereocenters. The van der Waals surface area contributed by atoms with Gasteiger partial charge in [-0.05, 0) is 31.9 Å². The molecule has 1 saturated heterocycles. The predicted octanol–water partition coefficient (Wildman–Crippen LogP) is 4.69. The minimum absolute atomic E-state index is 0.0536. The number of aromatic nitrogens is 4. The topological polar surface area (TPSA) is 69.9 Å². The van der Waals surface area contributed by atoms with Crippen LogP contribution in [-0.2, 0) is 17.0 Å².